The van der Waals surface area contributed by atoms with E-state index in [0.29, 0.717) is 16.2 Å². The molecule has 6 heteroatoms. The molecule has 0 atom stereocenters. The van der Waals surface area contributed by atoms with Gasteiger partial charge in [-0.15, -0.1) is 0 Å². The smallest absolute Gasteiger partial charge is 0.331 e. The SMILES string of the molecule is COc1ccc(C(=O)N2C(=O)CNC2=O)cc1-c1ccccc1. The number of carbonyl (C=O) groups excluding carboxylic acids is 3. The lowest BCUT2D eigenvalue weighted by molar-refractivity contribution is -0.123. The third kappa shape index (κ3) is 2.66. The van der Waals surface area contributed by atoms with Crippen molar-refractivity contribution in [1.82, 2.24) is 10.2 Å². The minimum Gasteiger partial charge on any atom is -0.496 e. The number of amides is 4. The summed E-state index contributed by atoms with van der Waals surface area (Å²) in [5, 5.41) is 2.33. The van der Waals surface area contributed by atoms with Crippen LogP contribution in [0.1, 0.15) is 10.4 Å². The lowest BCUT2D eigenvalue weighted by Crippen LogP contribution is -2.36. The maximum absolute atomic E-state index is 12.5. The Bertz CT molecular complexity index is 770. The van der Waals surface area contributed by atoms with Crippen LogP contribution in [-0.4, -0.2) is 36.4 Å². The van der Waals surface area contributed by atoms with Crippen molar-refractivity contribution in [3.8, 4) is 16.9 Å². The lowest BCUT2D eigenvalue weighted by Gasteiger charge is -2.14. The van der Waals surface area contributed by atoms with Crippen LogP contribution < -0.4 is 10.1 Å². The summed E-state index contributed by atoms with van der Waals surface area (Å²) >= 11 is 0. The molecular weight excluding hydrogens is 296 g/mol. The fourth-order valence-electron chi connectivity index (χ4n) is 2.44. The first-order valence-corrected chi connectivity index (χ1v) is 7.00. The van der Waals surface area contributed by atoms with Crippen molar-refractivity contribution in [1.29, 1.82) is 0 Å². The first-order valence-electron chi connectivity index (χ1n) is 7.00. The van der Waals surface area contributed by atoms with E-state index in [4.69, 9.17) is 4.74 Å². The Hall–Kier alpha value is -3.15. The van der Waals surface area contributed by atoms with E-state index in [1.165, 1.54) is 6.07 Å². The van der Waals surface area contributed by atoms with Gasteiger partial charge in [-0.3, -0.25) is 9.59 Å². The Kier molecular flexibility index (Phi) is 3.80. The molecule has 4 amide bonds. The van der Waals surface area contributed by atoms with Crippen molar-refractivity contribution in [3.63, 3.8) is 0 Å². The van der Waals surface area contributed by atoms with Crippen molar-refractivity contribution in [2.75, 3.05) is 13.7 Å². The monoisotopic (exact) mass is 310 g/mol. The van der Waals surface area contributed by atoms with Crippen molar-refractivity contribution in [3.05, 3.63) is 54.1 Å². The molecule has 0 saturated carbocycles. The molecule has 0 radical (unpaired) electrons. The summed E-state index contributed by atoms with van der Waals surface area (Å²) in [7, 11) is 1.54. The number of nitrogens with one attached hydrogen (secondary N) is 1. The van der Waals surface area contributed by atoms with Crippen LogP contribution in [-0.2, 0) is 4.79 Å². The summed E-state index contributed by atoms with van der Waals surface area (Å²) in [6.07, 6.45) is 0. The van der Waals surface area contributed by atoms with Crippen LogP contribution >= 0.6 is 0 Å². The molecular formula is C17H14N2O4. The molecule has 6 nitrogen and oxygen atoms in total. The molecule has 0 aromatic heterocycles. The van der Waals surface area contributed by atoms with E-state index in [1.807, 2.05) is 30.3 Å². The molecule has 1 heterocycles. The van der Waals surface area contributed by atoms with Gasteiger partial charge in [0.15, 0.2) is 0 Å². The van der Waals surface area contributed by atoms with Crippen LogP contribution in [0, 0.1) is 0 Å². The van der Waals surface area contributed by atoms with E-state index in [2.05, 4.69) is 5.32 Å². The van der Waals surface area contributed by atoms with Gasteiger partial charge in [-0.25, -0.2) is 4.79 Å². The van der Waals surface area contributed by atoms with Gasteiger partial charge in [0.2, 0.25) is 0 Å². The zero-order chi connectivity index (χ0) is 16.4. The number of rotatable bonds is 3. The van der Waals surface area contributed by atoms with Crippen LogP contribution in [0.25, 0.3) is 11.1 Å². The molecule has 1 saturated heterocycles. The van der Waals surface area contributed by atoms with Crippen LogP contribution in [0.5, 0.6) is 5.75 Å². The number of nitrogens with zero attached hydrogens (tertiary/aromatic N) is 1. The zero-order valence-corrected chi connectivity index (χ0v) is 12.4. The Morgan fingerprint density at radius 1 is 1.13 bits per heavy atom. The standard InChI is InChI=1S/C17H14N2O4/c1-23-14-8-7-12(9-13(14)11-5-3-2-4-6-11)16(21)19-15(20)10-18-17(19)22/h2-9H,10H2,1H3,(H,18,22). The molecule has 2 aromatic carbocycles. The van der Waals surface area contributed by atoms with Gasteiger partial charge in [0.1, 0.15) is 5.75 Å². The summed E-state index contributed by atoms with van der Waals surface area (Å²) in [4.78, 5) is 36.4. The van der Waals surface area contributed by atoms with Gasteiger partial charge >= 0.3 is 6.03 Å². The molecule has 0 unspecified atom stereocenters. The first kappa shape index (κ1) is 14.8. The lowest BCUT2D eigenvalue weighted by atomic mass is 10.0. The second kappa shape index (κ2) is 5.92. The fraction of sp³-hybridized carbons (Fsp3) is 0.118. The fourth-order valence-corrected chi connectivity index (χ4v) is 2.44. The third-order valence-electron chi connectivity index (χ3n) is 3.58. The van der Waals surface area contributed by atoms with Crippen LogP contribution in [0.3, 0.4) is 0 Å². The minimum atomic E-state index is -0.697. The van der Waals surface area contributed by atoms with E-state index in [9.17, 15) is 14.4 Å². The van der Waals surface area contributed by atoms with Crippen LogP contribution in [0.2, 0.25) is 0 Å². The zero-order valence-electron chi connectivity index (χ0n) is 12.4. The summed E-state index contributed by atoms with van der Waals surface area (Å²) in [5.74, 6) is -0.605. The second-order valence-electron chi connectivity index (χ2n) is 4.97. The summed E-state index contributed by atoms with van der Waals surface area (Å²) in [5.41, 5.74) is 1.83. The molecule has 116 valence electrons. The molecule has 1 aliphatic rings. The van der Waals surface area contributed by atoms with E-state index in [0.717, 1.165) is 5.56 Å². The van der Waals surface area contributed by atoms with Crippen molar-refractivity contribution in [2.24, 2.45) is 0 Å². The van der Waals surface area contributed by atoms with E-state index in [-0.39, 0.29) is 12.1 Å². The predicted octanol–water partition coefficient (Wildman–Crippen LogP) is 2.05. The minimum absolute atomic E-state index is 0.160. The van der Waals surface area contributed by atoms with E-state index < -0.39 is 17.8 Å². The number of methoxy groups -OCH3 is 1. The predicted molar refractivity (Wildman–Crippen MR) is 83.0 cm³/mol. The molecule has 2 aromatic rings. The number of hydrogen-bond acceptors (Lipinski definition) is 4. The number of hydrogen-bond donors (Lipinski definition) is 1. The number of ether oxygens (including phenoxy) is 1. The summed E-state index contributed by atoms with van der Waals surface area (Å²) in [6, 6.07) is 13.5. The number of benzene rings is 2. The average Bonchev–Trinajstić information content (AvgIpc) is 2.93. The first-order chi connectivity index (χ1) is 11.1. The molecule has 3 rings (SSSR count). The molecule has 0 spiro atoms. The molecule has 23 heavy (non-hydrogen) atoms. The van der Waals surface area contributed by atoms with E-state index >= 15 is 0 Å². The topological polar surface area (TPSA) is 75.7 Å². The highest BCUT2D eigenvalue weighted by Crippen LogP contribution is 2.31. The molecule has 1 fully saturated rings. The normalized spacial score (nSPS) is 13.9. The second-order valence-corrected chi connectivity index (χ2v) is 4.97. The largest absolute Gasteiger partial charge is 0.496 e. The summed E-state index contributed by atoms with van der Waals surface area (Å²) < 4.78 is 5.33. The average molecular weight is 310 g/mol. The van der Waals surface area contributed by atoms with Crippen LogP contribution in [0.15, 0.2) is 48.5 Å². The maximum Gasteiger partial charge on any atom is 0.331 e. The number of urea groups is 1. The molecule has 1 aliphatic heterocycles. The highest BCUT2D eigenvalue weighted by atomic mass is 16.5. The van der Waals surface area contributed by atoms with Gasteiger partial charge in [-0.1, -0.05) is 30.3 Å². The number of imide groups is 3. The Morgan fingerprint density at radius 2 is 1.87 bits per heavy atom. The Labute approximate surface area is 132 Å². The number of carbonyl (C=O) groups is 3. The maximum atomic E-state index is 12.5. The van der Waals surface area contributed by atoms with Crippen LogP contribution in [0.4, 0.5) is 4.79 Å². The van der Waals surface area contributed by atoms with Gasteiger partial charge in [0.25, 0.3) is 11.8 Å². The highest BCUT2D eigenvalue weighted by Gasteiger charge is 2.35. The molecule has 0 aliphatic carbocycles. The third-order valence-corrected chi connectivity index (χ3v) is 3.58. The van der Waals surface area contributed by atoms with Gasteiger partial charge in [-0.05, 0) is 23.8 Å². The molecule has 1 N–H and O–H groups in total. The Morgan fingerprint density at radius 3 is 2.48 bits per heavy atom. The quantitative estimate of drug-likeness (QED) is 0.695. The van der Waals surface area contributed by atoms with E-state index in [1.54, 1.807) is 19.2 Å². The molecule has 0 bridgehead atoms. The summed E-state index contributed by atoms with van der Waals surface area (Å²) in [6.45, 7) is -0.160. The van der Waals surface area contributed by atoms with Gasteiger partial charge in [0, 0.05) is 11.1 Å². The van der Waals surface area contributed by atoms with Gasteiger partial charge < -0.3 is 10.1 Å². The Balaban J connectivity index is 2.03. The van der Waals surface area contributed by atoms with Crippen molar-refractivity contribution < 1.29 is 19.1 Å². The van der Waals surface area contributed by atoms with Gasteiger partial charge in [0.05, 0.1) is 13.7 Å². The van der Waals surface area contributed by atoms with Crippen molar-refractivity contribution >= 4 is 17.8 Å². The highest BCUT2D eigenvalue weighted by molar-refractivity contribution is 6.19. The van der Waals surface area contributed by atoms with Crippen molar-refractivity contribution in [2.45, 2.75) is 0 Å². The van der Waals surface area contributed by atoms with Gasteiger partial charge in [-0.2, -0.15) is 4.90 Å².